The van der Waals surface area contributed by atoms with Crippen LogP contribution in [0.15, 0.2) is 27.3 Å². The van der Waals surface area contributed by atoms with Gasteiger partial charge < -0.3 is 35.6 Å². The summed E-state index contributed by atoms with van der Waals surface area (Å²) in [7, 11) is 1.47. The molecule has 0 saturated heterocycles. The van der Waals surface area contributed by atoms with Gasteiger partial charge in [0.2, 0.25) is 0 Å². The van der Waals surface area contributed by atoms with Crippen LogP contribution in [-0.2, 0) is 34.0 Å². The van der Waals surface area contributed by atoms with Crippen molar-refractivity contribution in [2.24, 2.45) is 17.8 Å². The number of carbonyl (C=O) groups is 3. The minimum atomic E-state index is -0.897. The first-order chi connectivity index (χ1) is 26.8. The van der Waals surface area contributed by atoms with E-state index < -0.39 is 53.8 Å². The molecule has 5 aromatic rings. The zero-order chi connectivity index (χ0) is 39.9. The van der Waals surface area contributed by atoms with Crippen LogP contribution in [0.2, 0.25) is 0 Å². The molecule has 5 aromatic carbocycles. The smallest absolute Gasteiger partial charge is 0.306 e. The van der Waals surface area contributed by atoms with Gasteiger partial charge in [0, 0.05) is 27.9 Å². The number of methoxy groups -OCH3 is 1. The van der Waals surface area contributed by atoms with E-state index in [9.17, 15) is 49.5 Å². The van der Waals surface area contributed by atoms with Gasteiger partial charge in [-0.25, -0.2) is 0 Å². The van der Waals surface area contributed by atoms with Gasteiger partial charge in [0.1, 0.15) is 17.3 Å². The third kappa shape index (κ3) is 5.59. The SMILES string of the molecule is COc1c(NC2CCC(C(=O)O)CC2)c2c(=O)cc(CO)c3c4c(CO)cc(=O)c5c(O)c(CC6CCC(C(=O)O)CC6)c6c(c(c1C(C(C)=O)C(C)=C6)c23)c54. The molecule has 0 aromatic heterocycles. The molecule has 3 aliphatic carbocycles. The highest BCUT2D eigenvalue weighted by Gasteiger charge is 2.38. The quantitative estimate of drug-likeness (QED) is 0.0697. The summed E-state index contributed by atoms with van der Waals surface area (Å²) in [6.45, 7) is 2.18. The minimum Gasteiger partial charge on any atom is -0.507 e. The maximum Gasteiger partial charge on any atom is 0.306 e. The molecule has 1 unspecified atom stereocenters. The van der Waals surface area contributed by atoms with Crippen molar-refractivity contribution in [1.82, 2.24) is 0 Å². The summed E-state index contributed by atoms with van der Waals surface area (Å²) in [6, 6.07) is 2.39. The van der Waals surface area contributed by atoms with Crippen molar-refractivity contribution in [1.29, 1.82) is 0 Å². The molecule has 12 nitrogen and oxygen atoms in total. The number of rotatable bonds is 10. The number of phenols is 1. The number of phenolic OH excluding ortho intramolecular Hbond substituents is 1. The molecule has 56 heavy (non-hydrogen) atoms. The molecule has 0 radical (unpaired) electrons. The zero-order valence-electron chi connectivity index (χ0n) is 31.6. The van der Waals surface area contributed by atoms with Gasteiger partial charge in [-0.1, -0.05) is 11.6 Å². The number of aliphatic hydroxyl groups is 2. The molecule has 3 aliphatic rings. The third-order valence-corrected chi connectivity index (χ3v) is 13.0. The van der Waals surface area contributed by atoms with Crippen molar-refractivity contribution in [2.45, 2.75) is 96.8 Å². The van der Waals surface area contributed by atoms with Crippen molar-refractivity contribution in [3.63, 3.8) is 0 Å². The number of ether oxygens (including phenoxy) is 1. The highest BCUT2D eigenvalue weighted by molar-refractivity contribution is 6.39. The highest BCUT2D eigenvalue weighted by atomic mass is 16.5. The summed E-state index contributed by atoms with van der Waals surface area (Å²) in [5, 5.41) is 59.7. The van der Waals surface area contributed by atoms with Crippen molar-refractivity contribution in [2.75, 3.05) is 12.4 Å². The van der Waals surface area contributed by atoms with E-state index in [1.54, 1.807) is 0 Å². The minimum absolute atomic E-state index is 0.00816. The van der Waals surface area contributed by atoms with Crippen LogP contribution in [0, 0.1) is 17.8 Å². The van der Waals surface area contributed by atoms with Crippen LogP contribution in [0.4, 0.5) is 5.69 Å². The molecule has 0 amide bonds. The first kappa shape index (κ1) is 37.6. The van der Waals surface area contributed by atoms with E-state index in [4.69, 9.17) is 4.74 Å². The Kier molecular flexibility index (Phi) is 9.40. The fourth-order valence-corrected chi connectivity index (χ4v) is 10.5. The van der Waals surface area contributed by atoms with Gasteiger partial charge in [0.15, 0.2) is 10.9 Å². The molecule has 1 atom stereocenters. The molecule has 2 fully saturated rings. The van der Waals surface area contributed by atoms with Crippen molar-refractivity contribution >= 4 is 72.6 Å². The van der Waals surface area contributed by atoms with E-state index in [1.165, 1.54) is 26.2 Å². The van der Waals surface area contributed by atoms with Crippen LogP contribution in [0.3, 0.4) is 0 Å². The Balaban J connectivity index is 1.56. The van der Waals surface area contributed by atoms with Gasteiger partial charge >= 0.3 is 11.9 Å². The number of ketones is 1. The fraction of sp³-hybridized carbons (Fsp3) is 0.432. The van der Waals surface area contributed by atoms with Crippen LogP contribution in [0.25, 0.3) is 49.2 Å². The Morgan fingerprint density at radius 2 is 1.29 bits per heavy atom. The van der Waals surface area contributed by atoms with Gasteiger partial charge in [-0.05, 0) is 128 Å². The van der Waals surface area contributed by atoms with Gasteiger partial charge in [-0.2, -0.15) is 0 Å². The Morgan fingerprint density at radius 3 is 1.80 bits per heavy atom. The van der Waals surface area contributed by atoms with Gasteiger partial charge in [-0.3, -0.25) is 24.0 Å². The molecule has 0 heterocycles. The lowest BCUT2D eigenvalue weighted by Gasteiger charge is -2.31. The molecule has 0 bridgehead atoms. The highest BCUT2D eigenvalue weighted by Crippen LogP contribution is 2.56. The fourth-order valence-electron chi connectivity index (χ4n) is 10.5. The van der Waals surface area contributed by atoms with Gasteiger partial charge in [-0.15, -0.1) is 0 Å². The molecule has 0 aliphatic heterocycles. The summed E-state index contributed by atoms with van der Waals surface area (Å²) in [5.41, 5.74) is 2.03. The number of carboxylic acids is 2. The van der Waals surface area contributed by atoms with Crippen molar-refractivity contribution in [3.8, 4) is 11.5 Å². The summed E-state index contributed by atoms with van der Waals surface area (Å²) in [4.78, 5) is 66.3. The number of hydrogen-bond acceptors (Lipinski definition) is 10. The monoisotopic (exact) mass is 763 g/mol. The third-order valence-electron chi connectivity index (χ3n) is 13.0. The number of aliphatic hydroxyl groups excluding tert-OH is 2. The predicted molar refractivity (Wildman–Crippen MR) is 212 cm³/mol. The van der Waals surface area contributed by atoms with E-state index in [2.05, 4.69) is 5.32 Å². The summed E-state index contributed by atoms with van der Waals surface area (Å²) in [5.74, 6) is -3.71. The van der Waals surface area contributed by atoms with Crippen LogP contribution < -0.4 is 20.9 Å². The first-order valence-electron chi connectivity index (χ1n) is 19.4. The summed E-state index contributed by atoms with van der Waals surface area (Å²) < 4.78 is 6.24. The number of anilines is 1. The predicted octanol–water partition coefficient (Wildman–Crippen LogP) is 6.17. The molecule has 8 rings (SSSR count). The topological polar surface area (TPSA) is 208 Å². The summed E-state index contributed by atoms with van der Waals surface area (Å²) in [6.07, 6.45) is 6.22. The van der Waals surface area contributed by atoms with Gasteiger partial charge in [0.25, 0.3) is 0 Å². The van der Waals surface area contributed by atoms with E-state index in [1.807, 2.05) is 13.0 Å². The average Bonchev–Trinajstić information content (AvgIpc) is 3.30. The molecular formula is C44H45NO11. The number of fused-ring (bicyclic) bond motifs is 1. The lowest BCUT2D eigenvalue weighted by atomic mass is 9.76. The number of aliphatic carboxylic acids is 2. The van der Waals surface area contributed by atoms with Gasteiger partial charge in [0.05, 0.1) is 54.5 Å². The maximum atomic E-state index is 14.5. The number of carboxylic acid groups (broad SMARTS) is 2. The van der Waals surface area contributed by atoms with Crippen LogP contribution in [-0.4, -0.2) is 56.4 Å². The van der Waals surface area contributed by atoms with Crippen LogP contribution in [0.1, 0.15) is 98.9 Å². The number of Topliss-reactive ketones (excluding diaryl/α,β-unsaturated/α-hetero) is 1. The molecule has 12 heteroatoms. The van der Waals surface area contributed by atoms with Crippen LogP contribution >= 0.6 is 0 Å². The second kappa shape index (κ2) is 14.0. The zero-order valence-corrected chi connectivity index (χ0v) is 31.6. The Hall–Kier alpha value is -5.33. The number of hydrogen-bond donors (Lipinski definition) is 6. The number of benzene rings is 5. The first-order valence-corrected chi connectivity index (χ1v) is 19.4. The second-order valence-electron chi connectivity index (χ2n) is 16.2. The van der Waals surface area contributed by atoms with E-state index in [0.29, 0.717) is 118 Å². The van der Waals surface area contributed by atoms with E-state index >= 15 is 0 Å². The molecular weight excluding hydrogens is 718 g/mol. The second-order valence-corrected chi connectivity index (χ2v) is 16.2. The normalized spacial score (nSPS) is 22.5. The maximum absolute atomic E-state index is 14.5. The standard InChI is InChI=1S/C44H45NO11/c1-18-12-26-27(13-20-4-6-21(7-5-20)43(52)53)41(51)35-29(50)15-24(17-47)31-32-23(16-46)14-28(49)34-37(32)38(33(26)36(31)35)39(30(18)19(2)48)42(56-3)40(34)45-25-10-8-22(9-11-25)44(54)55/h12,14-15,20-22,25,30,45-47,51H,4-11,13,16-17H2,1-3H3,(H,52,53)(H,54,55). The van der Waals surface area contributed by atoms with Crippen molar-refractivity contribution in [3.05, 3.63) is 66.0 Å². The number of allylic oxidation sites excluding steroid dienone is 1. The van der Waals surface area contributed by atoms with E-state index in [0.717, 1.165) is 0 Å². The van der Waals surface area contributed by atoms with Crippen molar-refractivity contribution < 1.29 is 44.7 Å². The molecule has 292 valence electrons. The van der Waals surface area contributed by atoms with Crippen LogP contribution in [0.5, 0.6) is 11.5 Å². The summed E-state index contributed by atoms with van der Waals surface area (Å²) >= 11 is 0. The Labute approximate surface area is 321 Å². The lowest BCUT2D eigenvalue weighted by molar-refractivity contribution is -0.143. The lowest BCUT2D eigenvalue weighted by Crippen LogP contribution is -2.30. The molecule has 6 N–H and O–H groups in total. The average molecular weight is 764 g/mol. The molecule has 2 saturated carbocycles. The Bertz CT molecular complexity index is 2630. The number of carbonyl (C=O) groups excluding carboxylic acids is 1. The largest absolute Gasteiger partial charge is 0.507 e. The van der Waals surface area contributed by atoms with E-state index in [-0.39, 0.29) is 51.1 Å². The molecule has 0 spiro atoms. The Morgan fingerprint density at radius 1 is 0.750 bits per heavy atom. The number of nitrogens with one attached hydrogen (secondary N) is 1. The number of aromatic hydroxyl groups is 1.